The van der Waals surface area contributed by atoms with Gasteiger partial charge in [-0.05, 0) is 67.4 Å². The molecule has 2 aromatic heterocycles. The molecule has 0 saturated carbocycles. The minimum atomic E-state index is -3.93. The van der Waals surface area contributed by atoms with Crippen LogP contribution < -0.4 is 9.47 Å². The normalized spacial score (nSPS) is 14.4. The molecule has 14 heteroatoms. The van der Waals surface area contributed by atoms with Crippen LogP contribution in [0.4, 0.5) is 13.2 Å². The molecule has 0 fully saturated rings. The van der Waals surface area contributed by atoms with E-state index in [4.69, 9.17) is 9.52 Å². The molecule has 0 aliphatic carbocycles. The fourth-order valence-electron chi connectivity index (χ4n) is 5.64. The zero-order chi connectivity index (χ0) is 35.8. The van der Waals surface area contributed by atoms with Crippen molar-refractivity contribution < 1.29 is 45.7 Å². The van der Waals surface area contributed by atoms with Crippen molar-refractivity contribution in [1.29, 1.82) is 0 Å². The molecule has 1 aliphatic rings. The van der Waals surface area contributed by atoms with E-state index in [0.29, 0.717) is 33.6 Å². The molecule has 0 bridgehead atoms. The van der Waals surface area contributed by atoms with E-state index in [1.54, 1.807) is 50.7 Å². The van der Waals surface area contributed by atoms with E-state index in [-0.39, 0.29) is 44.9 Å². The van der Waals surface area contributed by atoms with E-state index in [9.17, 15) is 27.4 Å². The molecule has 0 saturated heterocycles. The monoisotopic (exact) mass is 697 g/mol. The van der Waals surface area contributed by atoms with Crippen LogP contribution in [0.15, 0.2) is 63.9 Å². The Hall–Kier alpha value is -4.66. The van der Waals surface area contributed by atoms with Crippen LogP contribution >= 0.6 is 0 Å². The van der Waals surface area contributed by atoms with Gasteiger partial charge in [0.25, 0.3) is 0 Å². The highest BCUT2D eigenvalue weighted by atomic mass is 32.2. The molecule has 0 atom stereocenters. The van der Waals surface area contributed by atoms with Gasteiger partial charge in [0.1, 0.15) is 11.5 Å². The Morgan fingerprint density at radius 3 is 2.24 bits per heavy atom. The van der Waals surface area contributed by atoms with E-state index in [0.717, 1.165) is 12.3 Å². The van der Waals surface area contributed by atoms with Crippen LogP contribution in [0.3, 0.4) is 0 Å². The summed E-state index contributed by atoms with van der Waals surface area (Å²) >= 11 is 0. The molecule has 2 N–H and O–H groups in total. The van der Waals surface area contributed by atoms with Gasteiger partial charge in [0.2, 0.25) is 0 Å². The first kappa shape index (κ1) is 34.2. The number of aromatic nitrogens is 3. The SMILES string of the molecule is Cc1nc(-c2ccc3c(c2)OC(F)(F)O3)c(-c2cc(-c3cc(F)c(CO)c(S(C)(=O)=O)c3)ccc2-c2cc(C(C)(C)C(C)(C)O)nn2C)o1. The van der Waals surface area contributed by atoms with Gasteiger partial charge in [0.15, 0.2) is 33.0 Å². The maximum Gasteiger partial charge on any atom is 0.586 e. The van der Waals surface area contributed by atoms with Crippen molar-refractivity contribution in [3.8, 4) is 56.5 Å². The lowest BCUT2D eigenvalue weighted by Gasteiger charge is -2.35. The number of oxazole rings is 1. The van der Waals surface area contributed by atoms with Gasteiger partial charge in [-0.3, -0.25) is 4.68 Å². The van der Waals surface area contributed by atoms with E-state index in [2.05, 4.69) is 14.5 Å². The van der Waals surface area contributed by atoms with Gasteiger partial charge in [-0.2, -0.15) is 5.10 Å². The maximum atomic E-state index is 15.3. The summed E-state index contributed by atoms with van der Waals surface area (Å²) in [6.07, 6.45) is -2.90. The number of hydrogen-bond donors (Lipinski definition) is 2. The molecule has 0 amide bonds. The molecule has 0 radical (unpaired) electrons. The third-order valence-corrected chi connectivity index (χ3v) is 10.2. The average Bonchev–Trinajstić information content (AvgIpc) is 3.67. The van der Waals surface area contributed by atoms with Crippen molar-refractivity contribution in [2.45, 2.75) is 63.4 Å². The highest BCUT2D eigenvalue weighted by Gasteiger charge is 2.44. The van der Waals surface area contributed by atoms with Crippen LogP contribution in [0.25, 0.3) is 45.0 Å². The summed E-state index contributed by atoms with van der Waals surface area (Å²) in [7, 11) is -2.19. The molecular weight excluding hydrogens is 663 g/mol. The number of aliphatic hydroxyl groups is 2. The Bertz CT molecular complexity index is 2240. The molecule has 3 aromatic carbocycles. The predicted octanol–water partition coefficient (Wildman–Crippen LogP) is 6.79. The Morgan fingerprint density at radius 2 is 1.59 bits per heavy atom. The second-order valence-corrected chi connectivity index (χ2v) is 15.1. The van der Waals surface area contributed by atoms with Gasteiger partial charge in [0.05, 0.1) is 28.5 Å². The lowest BCUT2D eigenvalue weighted by Crippen LogP contribution is -2.42. The van der Waals surface area contributed by atoms with Crippen molar-refractivity contribution in [2.75, 3.05) is 6.26 Å². The number of aryl methyl sites for hydroxylation is 2. The Kier molecular flexibility index (Phi) is 8.00. The van der Waals surface area contributed by atoms with Crippen LogP contribution in [0.5, 0.6) is 11.5 Å². The molecule has 0 spiro atoms. The van der Waals surface area contributed by atoms with Crippen LogP contribution in [0, 0.1) is 12.7 Å². The number of rotatable bonds is 8. The minimum Gasteiger partial charge on any atom is -0.440 e. The van der Waals surface area contributed by atoms with Gasteiger partial charge in [-0.15, -0.1) is 8.78 Å². The smallest absolute Gasteiger partial charge is 0.440 e. The fraction of sp³-hybridized carbons (Fsp3) is 0.314. The number of alkyl halides is 2. The van der Waals surface area contributed by atoms with E-state index in [1.807, 2.05) is 19.9 Å². The van der Waals surface area contributed by atoms with Gasteiger partial charge in [-0.25, -0.2) is 17.8 Å². The molecule has 5 aromatic rings. The van der Waals surface area contributed by atoms with Crippen molar-refractivity contribution in [3.05, 3.63) is 77.6 Å². The zero-order valence-corrected chi connectivity index (χ0v) is 28.5. The van der Waals surface area contributed by atoms with Gasteiger partial charge in [-0.1, -0.05) is 26.0 Å². The van der Waals surface area contributed by atoms with E-state index < -0.39 is 39.6 Å². The summed E-state index contributed by atoms with van der Waals surface area (Å²) in [5, 5.41) is 25.4. The molecular formula is C35H34F3N3O7S. The minimum absolute atomic E-state index is 0.148. The van der Waals surface area contributed by atoms with Crippen molar-refractivity contribution in [3.63, 3.8) is 0 Å². The van der Waals surface area contributed by atoms with Gasteiger partial charge in [0, 0.05) is 47.9 Å². The van der Waals surface area contributed by atoms with Gasteiger partial charge < -0.3 is 24.1 Å². The topological polar surface area (TPSA) is 137 Å². The second kappa shape index (κ2) is 11.5. The standard InChI is InChI=1S/C35H34F3N3O7S/c1-18-39-31(20-9-11-27-28(14-20)48-35(37,38)47-27)32(46-18)23-12-19(21-13-25(36)24(17-42)29(15-21)49(7,44)45)8-10-22(23)26-16-30(40-41(26)6)33(2,3)34(4,5)43/h8-16,42-43H,17H2,1-7H3. The largest absolute Gasteiger partial charge is 0.586 e. The number of ether oxygens (including phenoxy) is 2. The van der Waals surface area contributed by atoms with E-state index in [1.165, 1.54) is 24.3 Å². The Morgan fingerprint density at radius 1 is 0.918 bits per heavy atom. The highest BCUT2D eigenvalue weighted by Crippen LogP contribution is 2.46. The third-order valence-electron chi connectivity index (χ3n) is 9.04. The Labute approximate surface area is 280 Å². The van der Waals surface area contributed by atoms with E-state index >= 15 is 4.39 Å². The molecule has 3 heterocycles. The first-order valence-corrected chi connectivity index (χ1v) is 17.0. The number of halogens is 3. The number of fused-ring (bicyclic) bond motifs is 1. The lowest BCUT2D eigenvalue weighted by molar-refractivity contribution is -0.286. The molecule has 0 unspecified atom stereocenters. The summed E-state index contributed by atoms with van der Waals surface area (Å²) in [5.41, 5.74) is 1.20. The first-order valence-electron chi connectivity index (χ1n) is 15.1. The molecule has 6 rings (SSSR count). The van der Waals surface area contributed by atoms with Crippen molar-refractivity contribution in [1.82, 2.24) is 14.8 Å². The second-order valence-electron chi connectivity index (χ2n) is 13.1. The summed E-state index contributed by atoms with van der Waals surface area (Å²) in [5.74, 6) is -0.772. The van der Waals surface area contributed by atoms with Crippen LogP contribution in [-0.4, -0.2) is 51.5 Å². The fourth-order valence-corrected chi connectivity index (χ4v) is 6.59. The number of benzene rings is 3. The van der Waals surface area contributed by atoms with Gasteiger partial charge >= 0.3 is 6.29 Å². The number of sulfone groups is 1. The first-order chi connectivity index (χ1) is 22.7. The van der Waals surface area contributed by atoms with Crippen molar-refractivity contribution in [2.24, 2.45) is 7.05 Å². The maximum absolute atomic E-state index is 15.3. The lowest BCUT2D eigenvalue weighted by atomic mass is 9.74. The summed E-state index contributed by atoms with van der Waals surface area (Å²) in [6, 6.07) is 13.6. The number of hydrogen-bond acceptors (Lipinski definition) is 9. The average molecular weight is 698 g/mol. The molecule has 1 aliphatic heterocycles. The highest BCUT2D eigenvalue weighted by molar-refractivity contribution is 7.90. The Balaban J connectivity index is 1.60. The van der Waals surface area contributed by atoms with Crippen LogP contribution in [0.2, 0.25) is 0 Å². The molecule has 258 valence electrons. The third kappa shape index (κ3) is 6.08. The van der Waals surface area contributed by atoms with Crippen LogP contribution in [-0.2, 0) is 28.9 Å². The van der Waals surface area contributed by atoms with Crippen LogP contribution in [0.1, 0.15) is 44.8 Å². The number of nitrogens with zero attached hydrogens (tertiary/aromatic N) is 3. The molecule has 49 heavy (non-hydrogen) atoms. The predicted molar refractivity (Wildman–Crippen MR) is 174 cm³/mol. The van der Waals surface area contributed by atoms with Crippen molar-refractivity contribution >= 4 is 9.84 Å². The zero-order valence-electron chi connectivity index (χ0n) is 27.7. The summed E-state index contributed by atoms with van der Waals surface area (Å²) < 4.78 is 85.2. The number of aliphatic hydroxyl groups excluding tert-OH is 1. The quantitative estimate of drug-likeness (QED) is 0.180. The summed E-state index contributed by atoms with van der Waals surface area (Å²) in [6.45, 7) is 7.93. The summed E-state index contributed by atoms with van der Waals surface area (Å²) in [4.78, 5) is 4.21. The molecule has 10 nitrogen and oxygen atoms in total.